The lowest BCUT2D eigenvalue weighted by molar-refractivity contribution is -0.139. The molecule has 1 amide bonds. The van der Waals surface area contributed by atoms with E-state index < -0.39 is 17.9 Å². The molecule has 0 saturated carbocycles. The number of carbonyl (C=O) groups is 2. The SMILES string of the molecule is C=CCOc1ccc(C2C(C(=O)OCC)=C(C)NC(=S)N2C(=O)/C(C)=C/c2ccco2)cc1OCC. The van der Waals surface area contributed by atoms with Crippen molar-refractivity contribution in [2.24, 2.45) is 0 Å². The van der Waals surface area contributed by atoms with Crippen LogP contribution < -0.4 is 14.8 Å². The average Bonchev–Trinajstić information content (AvgIpc) is 3.35. The van der Waals surface area contributed by atoms with Gasteiger partial charge in [0, 0.05) is 11.3 Å². The number of carbonyl (C=O) groups excluding carboxylic acids is 2. The number of nitrogens with zero attached hydrogens (tertiary/aromatic N) is 1. The molecular formula is C27H30N2O6S. The molecule has 8 nitrogen and oxygen atoms in total. The van der Waals surface area contributed by atoms with E-state index in [0.29, 0.717) is 47.3 Å². The summed E-state index contributed by atoms with van der Waals surface area (Å²) in [5.41, 5.74) is 1.75. The first-order valence-corrected chi connectivity index (χ1v) is 12.0. The maximum absolute atomic E-state index is 13.7. The number of nitrogens with one attached hydrogen (secondary N) is 1. The Hall–Kier alpha value is -3.85. The van der Waals surface area contributed by atoms with Gasteiger partial charge in [0.1, 0.15) is 12.4 Å². The number of esters is 1. The Morgan fingerprint density at radius 2 is 1.97 bits per heavy atom. The smallest absolute Gasteiger partial charge is 0.338 e. The van der Waals surface area contributed by atoms with Gasteiger partial charge in [0.05, 0.1) is 31.1 Å². The van der Waals surface area contributed by atoms with Crippen molar-refractivity contribution in [2.45, 2.75) is 33.7 Å². The Morgan fingerprint density at radius 3 is 2.61 bits per heavy atom. The van der Waals surface area contributed by atoms with Crippen LogP contribution in [0.4, 0.5) is 0 Å². The number of hydrogen-bond donors (Lipinski definition) is 1. The van der Waals surface area contributed by atoms with Crippen LogP contribution in [0.5, 0.6) is 11.5 Å². The van der Waals surface area contributed by atoms with Crippen molar-refractivity contribution in [3.63, 3.8) is 0 Å². The lowest BCUT2D eigenvalue weighted by Gasteiger charge is -2.38. The van der Waals surface area contributed by atoms with Crippen LogP contribution in [-0.2, 0) is 14.3 Å². The van der Waals surface area contributed by atoms with Crippen molar-refractivity contribution >= 4 is 35.3 Å². The summed E-state index contributed by atoms with van der Waals surface area (Å²) in [5.74, 6) is 0.561. The summed E-state index contributed by atoms with van der Waals surface area (Å²) >= 11 is 5.59. The minimum absolute atomic E-state index is 0.160. The highest BCUT2D eigenvalue weighted by Gasteiger charge is 2.40. The minimum atomic E-state index is -0.863. The van der Waals surface area contributed by atoms with E-state index in [1.165, 1.54) is 11.2 Å². The molecule has 1 aliphatic heterocycles. The number of ether oxygens (including phenoxy) is 3. The summed E-state index contributed by atoms with van der Waals surface area (Å²) in [6, 6.07) is 7.87. The highest BCUT2D eigenvalue weighted by atomic mass is 32.1. The van der Waals surface area contributed by atoms with Crippen molar-refractivity contribution in [1.29, 1.82) is 0 Å². The first-order valence-electron chi connectivity index (χ1n) is 11.6. The summed E-state index contributed by atoms with van der Waals surface area (Å²) in [6.45, 7) is 11.5. The van der Waals surface area contributed by atoms with Gasteiger partial charge >= 0.3 is 5.97 Å². The molecule has 0 fully saturated rings. The monoisotopic (exact) mass is 510 g/mol. The average molecular weight is 511 g/mol. The second-order valence-corrected chi connectivity index (χ2v) is 8.24. The highest BCUT2D eigenvalue weighted by Crippen LogP contribution is 2.39. The maximum atomic E-state index is 13.7. The normalized spacial score (nSPS) is 15.9. The Bertz CT molecular complexity index is 1200. The fraction of sp³-hybridized carbons (Fsp3) is 0.296. The largest absolute Gasteiger partial charge is 0.490 e. The van der Waals surface area contributed by atoms with E-state index in [9.17, 15) is 9.59 Å². The van der Waals surface area contributed by atoms with E-state index in [4.69, 9.17) is 30.8 Å². The third kappa shape index (κ3) is 5.85. The molecule has 2 aromatic rings. The predicted molar refractivity (Wildman–Crippen MR) is 140 cm³/mol. The number of furan rings is 1. The van der Waals surface area contributed by atoms with Gasteiger partial charge in [-0.3, -0.25) is 9.69 Å². The summed E-state index contributed by atoms with van der Waals surface area (Å²) in [7, 11) is 0. The first-order chi connectivity index (χ1) is 17.3. The molecule has 1 unspecified atom stereocenters. The minimum Gasteiger partial charge on any atom is -0.490 e. The zero-order valence-corrected chi connectivity index (χ0v) is 21.6. The second kappa shape index (κ2) is 12.2. The third-order valence-corrected chi connectivity index (χ3v) is 5.64. The lowest BCUT2D eigenvalue weighted by atomic mass is 9.93. The van der Waals surface area contributed by atoms with Gasteiger partial charge < -0.3 is 23.9 Å². The van der Waals surface area contributed by atoms with Crippen LogP contribution in [0.3, 0.4) is 0 Å². The summed E-state index contributed by atoms with van der Waals surface area (Å²) in [4.78, 5) is 28.2. The maximum Gasteiger partial charge on any atom is 0.338 e. The zero-order valence-electron chi connectivity index (χ0n) is 20.8. The number of allylic oxidation sites excluding steroid dienone is 1. The quantitative estimate of drug-likeness (QED) is 0.208. The first kappa shape index (κ1) is 26.7. The Balaban J connectivity index is 2.16. The molecule has 0 spiro atoms. The number of benzene rings is 1. The standard InChI is InChI=1S/C27H30N2O6S/c1-6-13-35-21-12-11-19(16-22(21)32-7-2)24-23(26(31)33-8-3)18(5)28-27(36)29(24)25(30)17(4)15-20-10-9-14-34-20/h6,9-12,14-16,24H,1,7-8,13H2,2-5H3,(H,28,36)/b17-15+. The van der Waals surface area contributed by atoms with E-state index in [-0.39, 0.29) is 17.3 Å². The molecule has 190 valence electrons. The summed E-state index contributed by atoms with van der Waals surface area (Å²) in [6.07, 6.45) is 4.78. The van der Waals surface area contributed by atoms with Gasteiger partial charge in [-0.05, 0) is 75.8 Å². The molecule has 0 aliphatic carbocycles. The fourth-order valence-corrected chi connectivity index (χ4v) is 4.15. The van der Waals surface area contributed by atoms with Crippen molar-refractivity contribution in [3.8, 4) is 11.5 Å². The molecule has 9 heteroatoms. The van der Waals surface area contributed by atoms with E-state index in [1.54, 1.807) is 63.3 Å². The Kier molecular flexibility index (Phi) is 9.08. The second-order valence-electron chi connectivity index (χ2n) is 7.85. The molecule has 0 saturated heterocycles. The zero-order chi connectivity index (χ0) is 26.2. The molecular weight excluding hydrogens is 480 g/mol. The molecule has 0 bridgehead atoms. The molecule has 1 aromatic carbocycles. The van der Waals surface area contributed by atoms with Crippen LogP contribution in [0.2, 0.25) is 0 Å². The van der Waals surface area contributed by atoms with E-state index >= 15 is 0 Å². The Labute approximate surface area is 216 Å². The van der Waals surface area contributed by atoms with Crippen LogP contribution in [-0.4, -0.2) is 41.7 Å². The van der Waals surface area contributed by atoms with Crippen LogP contribution in [0.1, 0.15) is 45.1 Å². The highest BCUT2D eigenvalue weighted by molar-refractivity contribution is 7.80. The van der Waals surface area contributed by atoms with Gasteiger partial charge in [-0.1, -0.05) is 18.7 Å². The topological polar surface area (TPSA) is 90.2 Å². The molecule has 1 aromatic heterocycles. The van der Waals surface area contributed by atoms with Crippen molar-refractivity contribution in [1.82, 2.24) is 10.2 Å². The van der Waals surface area contributed by atoms with Crippen LogP contribution in [0.15, 0.2) is 70.5 Å². The van der Waals surface area contributed by atoms with Gasteiger partial charge in [-0.15, -0.1) is 0 Å². The molecule has 1 aliphatic rings. The van der Waals surface area contributed by atoms with E-state index in [0.717, 1.165) is 0 Å². The van der Waals surface area contributed by atoms with Crippen molar-refractivity contribution in [3.05, 3.63) is 77.4 Å². The predicted octanol–water partition coefficient (Wildman–Crippen LogP) is 4.94. The molecule has 1 N–H and O–H groups in total. The van der Waals surface area contributed by atoms with Gasteiger partial charge in [0.25, 0.3) is 5.91 Å². The van der Waals surface area contributed by atoms with Gasteiger partial charge in [-0.2, -0.15) is 0 Å². The lowest BCUT2D eigenvalue weighted by Crippen LogP contribution is -2.51. The molecule has 1 atom stereocenters. The Morgan fingerprint density at radius 1 is 1.19 bits per heavy atom. The molecule has 2 heterocycles. The van der Waals surface area contributed by atoms with Gasteiger partial charge in [0.15, 0.2) is 16.6 Å². The number of hydrogen-bond acceptors (Lipinski definition) is 7. The van der Waals surface area contributed by atoms with Crippen LogP contribution in [0.25, 0.3) is 6.08 Å². The number of amides is 1. The molecule has 3 rings (SSSR count). The number of rotatable bonds is 10. The van der Waals surface area contributed by atoms with Crippen molar-refractivity contribution in [2.75, 3.05) is 19.8 Å². The fourth-order valence-electron chi connectivity index (χ4n) is 3.81. The third-order valence-electron chi connectivity index (χ3n) is 5.34. The summed E-state index contributed by atoms with van der Waals surface area (Å²) in [5, 5.41) is 3.15. The van der Waals surface area contributed by atoms with Gasteiger partial charge in [-0.25, -0.2) is 4.79 Å². The van der Waals surface area contributed by atoms with Crippen molar-refractivity contribution < 1.29 is 28.2 Å². The molecule has 0 radical (unpaired) electrons. The molecule has 36 heavy (non-hydrogen) atoms. The van der Waals surface area contributed by atoms with Crippen LogP contribution >= 0.6 is 12.2 Å². The number of thiocarbonyl (C=S) groups is 1. The van der Waals surface area contributed by atoms with E-state index in [1.807, 2.05) is 6.92 Å². The van der Waals surface area contributed by atoms with Gasteiger partial charge in [0.2, 0.25) is 0 Å². The van der Waals surface area contributed by atoms with E-state index in [2.05, 4.69) is 11.9 Å². The summed E-state index contributed by atoms with van der Waals surface area (Å²) < 4.78 is 22.2. The van der Waals surface area contributed by atoms with Crippen LogP contribution in [0, 0.1) is 0 Å².